The summed E-state index contributed by atoms with van der Waals surface area (Å²) in [5.74, 6) is -0.0678. The molecular formula is C15H14INO. The highest BCUT2D eigenvalue weighted by atomic mass is 127. The molecule has 1 amide bonds. The number of halogens is 1. The van der Waals surface area contributed by atoms with Crippen LogP contribution in [0, 0.1) is 3.57 Å². The van der Waals surface area contributed by atoms with Crippen molar-refractivity contribution in [3.63, 3.8) is 0 Å². The molecule has 18 heavy (non-hydrogen) atoms. The molecule has 0 aliphatic rings. The Balaban J connectivity index is 2.14. The van der Waals surface area contributed by atoms with Crippen LogP contribution in [0.15, 0.2) is 48.5 Å². The van der Waals surface area contributed by atoms with Crippen molar-refractivity contribution in [2.75, 3.05) is 5.32 Å². The Hall–Kier alpha value is -1.36. The van der Waals surface area contributed by atoms with Crippen molar-refractivity contribution < 1.29 is 4.79 Å². The second-order valence-corrected chi connectivity index (χ2v) is 5.15. The zero-order valence-electron chi connectivity index (χ0n) is 10.1. The Morgan fingerprint density at radius 1 is 1.11 bits per heavy atom. The molecule has 0 spiro atoms. The summed E-state index contributed by atoms with van der Waals surface area (Å²) in [5.41, 5.74) is 2.77. The van der Waals surface area contributed by atoms with Gasteiger partial charge in [0.05, 0.1) is 5.69 Å². The number of rotatable bonds is 3. The third kappa shape index (κ3) is 3.10. The second kappa shape index (κ2) is 6.00. The van der Waals surface area contributed by atoms with Gasteiger partial charge in [-0.2, -0.15) is 0 Å². The lowest BCUT2D eigenvalue weighted by Crippen LogP contribution is -2.12. The molecule has 0 radical (unpaired) electrons. The number of carbonyl (C=O) groups excluding carboxylic acids is 1. The molecule has 2 nitrogen and oxygen atoms in total. The van der Waals surface area contributed by atoms with Crippen LogP contribution in [0.25, 0.3) is 0 Å². The highest BCUT2D eigenvalue weighted by Gasteiger charge is 2.07. The first kappa shape index (κ1) is 13.1. The highest BCUT2D eigenvalue weighted by molar-refractivity contribution is 14.1. The van der Waals surface area contributed by atoms with Gasteiger partial charge in [0.25, 0.3) is 5.91 Å². The van der Waals surface area contributed by atoms with Crippen LogP contribution in [-0.2, 0) is 6.42 Å². The van der Waals surface area contributed by atoms with Crippen LogP contribution in [0.3, 0.4) is 0 Å². The Bertz CT molecular complexity index is 549. The largest absolute Gasteiger partial charge is 0.321 e. The molecule has 1 N–H and O–H groups in total. The van der Waals surface area contributed by atoms with Gasteiger partial charge in [-0.3, -0.25) is 4.79 Å². The van der Waals surface area contributed by atoms with Gasteiger partial charge in [-0.15, -0.1) is 0 Å². The molecule has 0 saturated carbocycles. The smallest absolute Gasteiger partial charge is 0.255 e. The maximum Gasteiger partial charge on any atom is 0.255 e. The molecule has 0 bridgehead atoms. The van der Waals surface area contributed by atoms with Crippen molar-refractivity contribution in [2.24, 2.45) is 0 Å². The van der Waals surface area contributed by atoms with Gasteiger partial charge in [-0.1, -0.05) is 31.2 Å². The molecule has 3 heteroatoms. The van der Waals surface area contributed by atoms with Crippen LogP contribution >= 0.6 is 22.6 Å². The maximum atomic E-state index is 12.1. The molecule has 0 aliphatic heterocycles. The van der Waals surface area contributed by atoms with Gasteiger partial charge < -0.3 is 5.32 Å². The number of carbonyl (C=O) groups is 1. The predicted octanol–water partition coefficient (Wildman–Crippen LogP) is 4.11. The van der Waals surface area contributed by atoms with Gasteiger partial charge in [0.2, 0.25) is 0 Å². The fourth-order valence-electron chi connectivity index (χ4n) is 1.65. The minimum atomic E-state index is -0.0678. The van der Waals surface area contributed by atoms with E-state index in [9.17, 15) is 4.79 Å². The number of benzene rings is 2. The van der Waals surface area contributed by atoms with E-state index in [1.54, 1.807) is 0 Å². The zero-order chi connectivity index (χ0) is 13.0. The van der Waals surface area contributed by atoms with E-state index in [0.29, 0.717) is 5.56 Å². The first-order chi connectivity index (χ1) is 8.70. The molecule has 92 valence electrons. The van der Waals surface area contributed by atoms with Gasteiger partial charge in [0.1, 0.15) is 0 Å². The number of anilines is 1. The van der Waals surface area contributed by atoms with E-state index in [1.165, 1.54) is 5.56 Å². The number of amides is 1. The zero-order valence-corrected chi connectivity index (χ0v) is 12.3. The van der Waals surface area contributed by atoms with Crippen molar-refractivity contribution in [3.8, 4) is 0 Å². The van der Waals surface area contributed by atoms with E-state index in [4.69, 9.17) is 0 Å². The predicted molar refractivity (Wildman–Crippen MR) is 82.9 cm³/mol. The topological polar surface area (TPSA) is 29.1 Å². The van der Waals surface area contributed by atoms with Gasteiger partial charge in [-0.25, -0.2) is 0 Å². The summed E-state index contributed by atoms with van der Waals surface area (Å²) in [5, 5.41) is 2.92. The highest BCUT2D eigenvalue weighted by Crippen LogP contribution is 2.18. The standard InChI is InChI=1S/C15H14INO/c1-2-11-7-9-12(10-8-11)15(18)17-14-6-4-3-5-13(14)16/h3-10H,2H2,1H3,(H,17,18). The summed E-state index contributed by atoms with van der Waals surface area (Å²) in [6.45, 7) is 2.10. The summed E-state index contributed by atoms with van der Waals surface area (Å²) in [7, 11) is 0. The fraction of sp³-hybridized carbons (Fsp3) is 0.133. The Morgan fingerprint density at radius 2 is 1.78 bits per heavy atom. The fourth-order valence-corrected chi connectivity index (χ4v) is 2.17. The van der Waals surface area contributed by atoms with Crippen molar-refractivity contribution >= 4 is 34.2 Å². The van der Waals surface area contributed by atoms with Crippen LogP contribution in [0.5, 0.6) is 0 Å². The quantitative estimate of drug-likeness (QED) is 0.829. The summed E-state index contributed by atoms with van der Waals surface area (Å²) < 4.78 is 1.04. The molecule has 0 unspecified atom stereocenters. The lowest BCUT2D eigenvalue weighted by molar-refractivity contribution is 0.102. The summed E-state index contributed by atoms with van der Waals surface area (Å²) in [4.78, 5) is 12.1. The minimum absolute atomic E-state index is 0.0678. The number of hydrogen-bond acceptors (Lipinski definition) is 1. The minimum Gasteiger partial charge on any atom is -0.321 e. The van der Waals surface area contributed by atoms with E-state index >= 15 is 0 Å². The van der Waals surface area contributed by atoms with Crippen LogP contribution in [-0.4, -0.2) is 5.91 Å². The lowest BCUT2D eigenvalue weighted by Gasteiger charge is -2.07. The van der Waals surface area contributed by atoms with Crippen molar-refractivity contribution in [1.29, 1.82) is 0 Å². The molecule has 0 aliphatic carbocycles. The molecule has 0 saturated heterocycles. The van der Waals surface area contributed by atoms with Gasteiger partial charge in [0, 0.05) is 9.13 Å². The monoisotopic (exact) mass is 351 g/mol. The van der Waals surface area contributed by atoms with Crippen LogP contribution < -0.4 is 5.32 Å². The van der Waals surface area contributed by atoms with Crippen LogP contribution in [0.1, 0.15) is 22.8 Å². The average Bonchev–Trinajstić information content (AvgIpc) is 2.41. The third-order valence-electron chi connectivity index (χ3n) is 2.75. The average molecular weight is 351 g/mol. The Kier molecular flexibility index (Phi) is 4.36. The summed E-state index contributed by atoms with van der Waals surface area (Å²) in [6.07, 6.45) is 0.985. The molecule has 0 aromatic heterocycles. The Labute approximate surface area is 121 Å². The van der Waals surface area contributed by atoms with Crippen molar-refractivity contribution in [2.45, 2.75) is 13.3 Å². The molecule has 0 heterocycles. The van der Waals surface area contributed by atoms with Crippen molar-refractivity contribution in [1.82, 2.24) is 0 Å². The molecule has 0 fully saturated rings. The van der Waals surface area contributed by atoms with Gasteiger partial charge in [-0.05, 0) is 58.8 Å². The van der Waals surface area contributed by atoms with E-state index < -0.39 is 0 Å². The first-order valence-corrected chi connectivity index (χ1v) is 6.93. The molecular weight excluding hydrogens is 337 g/mol. The van der Waals surface area contributed by atoms with Crippen LogP contribution in [0.2, 0.25) is 0 Å². The summed E-state index contributed by atoms with van der Waals surface area (Å²) in [6, 6.07) is 15.4. The number of aryl methyl sites for hydroxylation is 1. The molecule has 2 rings (SSSR count). The van der Waals surface area contributed by atoms with E-state index in [0.717, 1.165) is 15.7 Å². The number of para-hydroxylation sites is 1. The molecule has 2 aromatic carbocycles. The van der Waals surface area contributed by atoms with E-state index in [1.807, 2.05) is 48.5 Å². The lowest BCUT2D eigenvalue weighted by atomic mass is 10.1. The number of nitrogens with one attached hydrogen (secondary N) is 1. The molecule has 0 atom stereocenters. The van der Waals surface area contributed by atoms with Crippen LogP contribution in [0.4, 0.5) is 5.69 Å². The maximum absolute atomic E-state index is 12.1. The first-order valence-electron chi connectivity index (χ1n) is 5.85. The third-order valence-corrected chi connectivity index (χ3v) is 3.69. The summed E-state index contributed by atoms with van der Waals surface area (Å²) >= 11 is 2.21. The van der Waals surface area contributed by atoms with Crippen molar-refractivity contribution in [3.05, 3.63) is 63.2 Å². The number of hydrogen-bond donors (Lipinski definition) is 1. The SMILES string of the molecule is CCc1ccc(C(=O)Nc2ccccc2I)cc1. The normalized spacial score (nSPS) is 10.1. The Morgan fingerprint density at radius 3 is 2.39 bits per heavy atom. The van der Waals surface area contributed by atoms with Gasteiger partial charge >= 0.3 is 0 Å². The van der Waals surface area contributed by atoms with Gasteiger partial charge in [0.15, 0.2) is 0 Å². The second-order valence-electron chi connectivity index (χ2n) is 3.98. The van der Waals surface area contributed by atoms with E-state index in [2.05, 4.69) is 34.8 Å². The molecule has 2 aromatic rings. The van der Waals surface area contributed by atoms with E-state index in [-0.39, 0.29) is 5.91 Å².